The lowest BCUT2D eigenvalue weighted by Gasteiger charge is -2.25. The van der Waals surface area contributed by atoms with Crippen molar-refractivity contribution in [3.63, 3.8) is 0 Å². The van der Waals surface area contributed by atoms with Crippen molar-refractivity contribution in [3.8, 4) is 0 Å². The highest BCUT2D eigenvalue weighted by atomic mass is 16.5. The van der Waals surface area contributed by atoms with Crippen LogP contribution in [-0.2, 0) is 9.53 Å². The first-order valence-corrected chi connectivity index (χ1v) is 4.47. The molecule has 1 atom stereocenters. The molecule has 0 aliphatic heterocycles. The fourth-order valence-electron chi connectivity index (χ4n) is 0.689. The molecule has 1 unspecified atom stereocenters. The zero-order chi connectivity index (χ0) is 10.5. The van der Waals surface area contributed by atoms with E-state index < -0.39 is 12.0 Å². The van der Waals surface area contributed by atoms with Crippen molar-refractivity contribution >= 4 is 5.97 Å². The third-order valence-electron chi connectivity index (χ3n) is 2.14. The molecule has 0 aliphatic rings. The van der Waals surface area contributed by atoms with Crippen LogP contribution >= 0.6 is 0 Å². The lowest BCUT2D eigenvalue weighted by atomic mass is 10.1. The van der Waals surface area contributed by atoms with E-state index in [0.717, 1.165) is 6.42 Å². The Bertz CT molecular complexity index is 168. The van der Waals surface area contributed by atoms with Gasteiger partial charge in [0.2, 0.25) is 0 Å². The lowest BCUT2D eigenvalue weighted by molar-refractivity contribution is -0.142. The second kappa shape index (κ2) is 5.19. The van der Waals surface area contributed by atoms with E-state index in [1.807, 2.05) is 20.8 Å². The first-order chi connectivity index (χ1) is 5.93. The Morgan fingerprint density at radius 1 is 1.62 bits per heavy atom. The highest BCUT2D eigenvalue weighted by Crippen LogP contribution is 2.13. The molecular weight excluding hydrogens is 170 g/mol. The summed E-state index contributed by atoms with van der Waals surface area (Å²) in [5.41, 5.74) is -0.245. The van der Waals surface area contributed by atoms with Gasteiger partial charge in [0.1, 0.15) is 6.04 Å². The Balaban J connectivity index is 3.92. The van der Waals surface area contributed by atoms with Crippen molar-refractivity contribution in [3.05, 3.63) is 0 Å². The van der Waals surface area contributed by atoms with E-state index in [1.54, 1.807) is 7.05 Å². The van der Waals surface area contributed by atoms with Gasteiger partial charge in [0.05, 0.1) is 12.2 Å². The monoisotopic (exact) mass is 189 g/mol. The fourth-order valence-corrected chi connectivity index (χ4v) is 0.689. The molecule has 2 N–H and O–H groups in total. The van der Waals surface area contributed by atoms with Crippen LogP contribution in [0, 0.1) is 0 Å². The number of carbonyl (C=O) groups is 1. The van der Waals surface area contributed by atoms with E-state index in [-0.39, 0.29) is 12.2 Å². The number of nitrogens with one attached hydrogen (secondary N) is 1. The molecule has 0 saturated heterocycles. The van der Waals surface area contributed by atoms with Crippen LogP contribution < -0.4 is 5.32 Å². The molecule has 0 aromatic rings. The Kier molecular flexibility index (Phi) is 4.95. The van der Waals surface area contributed by atoms with Crippen LogP contribution in [0.3, 0.4) is 0 Å². The smallest absolute Gasteiger partial charge is 0.323 e. The number of carboxylic acid groups (broad SMARTS) is 1. The Hall–Kier alpha value is -0.610. The molecule has 0 radical (unpaired) electrons. The number of ether oxygens (including phenoxy) is 1. The van der Waals surface area contributed by atoms with Crippen molar-refractivity contribution in [2.45, 2.75) is 38.8 Å². The van der Waals surface area contributed by atoms with E-state index in [2.05, 4.69) is 5.32 Å². The summed E-state index contributed by atoms with van der Waals surface area (Å²) in [6.07, 6.45) is 0.864. The Morgan fingerprint density at radius 2 is 2.15 bits per heavy atom. The maximum atomic E-state index is 10.6. The minimum Gasteiger partial charge on any atom is -0.480 e. The molecule has 0 amide bonds. The largest absolute Gasteiger partial charge is 0.480 e. The van der Waals surface area contributed by atoms with Crippen LogP contribution in [0.4, 0.5) is 0 Å². The van der Waals surface area contributed by atoms with E-state index >= 15 is 0 Å². The summed E-state index contributed by atoms with van der Waals surface area (Å²) in [7, 11) is 1.61. The SMILES string of the molecule is CCC(C)(C)OCC(NC)C(=O)O. The Morgan fingerprint density at radius 3 is 2.46 bits per heavy atom. The number of hydrogen-bond donors (Lipinski definition) is 2. The predicted molar refractivity (Wildman–Crippen MR) is 50.8 cm³/mol. The van der Waals surface area contributed by atoms with Crippen LogP contribution in [-0.4, -0.2) is 36.4 Å². The van der Waals surface area contributed by atoms with Gasteiger partial charge in [-0.05, 0) is 27.3 Å². The number of rotatable bonds is 6. The van der Waals surface area contributed by atoms with Crippen LogP contribution in [0.15, 0.2) is 0 Å². The van der Waals surface area contributed by atoms with Crippen LogP contribution in [0.5, 0.6) is 0 Å². The quantitative estimate of drug-likeness (QED) is 0.650. The summed E-state index contributed by atoms with van der Waals surface area (Å²) in [6, 6.07) is -0.620. The highest BCUT2D eigenvalue weighted by molar-refractivity contribution is 5.73. The van der Waals surface area contributed by atoms with Gasteiger partial charge in [-0.1, -0.05) is 6.92 Å². The van der Waals surface area contributed by atoms with Gasteiger partial charge in [0.15, 0.2) is 0 Å². The maximum absolute atomic E-state index is 10.6. The molecule has 0 bridgehead atoms. The average molecular weight is 189 g/mol. The molecule has 0 fully saturated rings. The van der Waals surface area contributed by atoms with Crippen LogP contribution in [0.2, 0.25) is 0 Å². The van der Waals surface area contributed by atoms with E-state index in [4.69, 9.17) is 9.84 Å². The second-order valence-corrected chi connectivity index (χ2v) is 3.60. The van der Waals surface area contributed by atoms with Gasteiger partial charge >= 0.3 is 5.97 Å². The first-order valence-electron chi connectivity index (χ1n) is 4.47. The molecule has 0 heterocycles. The summed E-state index contributed by atoms with van der Waals surface area (Å²) in [5.74, 6) is -0.880. The van der Waals surface area contributed by atoms with E-state index in [0.29, 0.717) is 0 Å². The van der Waals surface area contributed by atoms with Crippen LogP contribution in [0.25, 0.3) is 0 Å². The van der Waals surface area contributed by atoms with Gasteiger partial charge in [-0.25, -0.2) is 0 Å². The zero-order valence-electron chi connectivity index (χ0n) is 8.76. The molecule has 0 aliphatic carbocycles. The van der Waals surface area contributed by atoms with Crippen molar-refractivity contribution in [2.24, 2.45) is 0 Å². The van der Waals surface area contributed by atoms with Gasteiger partial charge in [-0.2, -0.15) is 0 Å². The van der Waals surface area contributed by atoms with E-state index in [1.165, 1.54) is 0 Å². The number of hydrogen-bond acceptors (Lipinski definition) is 3. The molecule has 0 aromatic carbocycles. The maximum Gasteiger partial charge on any atom is 0.323 e. The molecule has 4 nitrogen and oxygen atoms in total. The van der Waals surface area contributed by atoms with Gasteiger partial charge < -0.3 is 15.2 Å². The van der Waals surface area contributed by atoms with Gasteiger partial charge in [0.25, 0.3) is 0 Å². The molecule has 0 rings (SSSR count). The number of carboxylic acids is 1. The van der Waals surface area contributed by atoms with E-state index in [9.17, 15) is 4.79 Å². The predicted octanol–water partition coefficient (Wildman–Crippen LogP) is 0.864. The summed E-state index contributed by atoms with van der Waals surface area (Å²) >= 11 is 0. The zero-order valence-corrected chi connectivity index (χ0v) is 8.76. The molecule has 13 heavy (non-hydrogen) atoms. The average Bonchev–Trinajstić information content (AvgIpc) is 2.05. The summed E-state index contributed by atoms with van der Waals surface area (Å²) < 4.78 is 5.45. The van der Waals surface area contributed by atoms with Crippen molar-refractivity contribution in [1.82, 2.24) is 5.32 Å². The highest BCUT2D eigenvalue weighted by Gasteiger charge is 2.21. The molecule has 0 aromatic heterocycles. The standard InChI is InChI=1S/C9H19NO3/c1-5-9(2,3)13-6-7(10-4)8(11)12/h7,10H,5-6H2,1-4H3,(H,11,12). The topological polar surface area (TPSA) is 58.6 Å². The molecule has 78 valence electrons. The first kappa shape index (κ1) is 12.4. The third kappa shape index (κ3) is 4.85. The van der Waals surface area contributed by atoms with Crippen molar-refractivity contribution in [1.29, 1.82) is 0 Å². The Labute approximate surface area is 79.3 Å². The minimum absolute atomic E-state index is 0.201. The molecule has 0 saturated carbocycles. The molecule has 4 heteroatoms. The molecule has 0 spiro atoms. The minimum atomic E-state index is -0.880. The summed E-state index contributed by atoms with van der Waals surface area (Å²) in [4.78, 5) is 10.6. The lowest BCUT2D eigenvalue weighted by Crippen LogP contribution is -2.41. The second-order valence-electron chi connectivity index (χ2n) is 3.60. The normalized spacial score (nSPS) is 14.2. The van der Waals surface area contributed by atoms with Gasteiger partial charge in [0, 0.05) is 0 Å². The van der Waals surface area contributed by atoms with Gasteiger partial charge in [-0.15, -0.1) is 0 Å². The summed E-state index contributed by atoms with van der Waals surface area (Å²) in [5, 5.41) is 11.4. The third-order valence-corrected chi connectivity index (χ3v) is 2.14. The van der Waals surface area contributed by atoms with Crippen molar-refractivity contribution < 1.29 is 14.6 Å². The number of likely N-dealkylation sites (N-methyl/N-ethyl adjacent to an activating group) is 1. The fraction of sp³-hybridized carbons (Fsp3) is 0.889. The van der Waals surface area contributed by atoms with Gasteiger partial charge in [-0.3, -0.25) is 4.79 Å². The number of aliphatic carboxylic acids is 1. The summed E-state index contributed by atoms with van der Waals surface area (Å²) in [6.45, 7) is 6.10. The molecular formula is C9H19NO3. The van der Waals surface area contributed by atoms with Crippen molar-refractivity contribution in [2.75, 3.05) is 13.7 Å². The van der Waals surface area contributed by atoms with Crippen LogP contribution in [0.1, 0.15) is 27.2 Å².